The van der Waals surface area contributed by atoms with Gasteiger partial charge in [0.15, 0.2) is 5.56 Å². The van der Waals surface area contributed by atoms with Crippen LogP contribution in [0.2, 0.25) is 0 Å². The molecular formula is C13H13N3O5. The summed E-state index contributed by atoms with van der Waals surface area (Å²) >= 11 is 0. The van der Waals surface area contributed by atoms with Gasteiger partial charge in [-0.15, -0.1) is 0 Å². The van der Waals surface area contributed by atoms with Gasteiger partial charge in [-0.1, -0.05) is 12.1 Å². The molecular weight excluding hydrogens is 278 g/mol. The fraction of sp³-hybridized carbons (Fsp3) is 0.154. The van der Waals surface area contributed by atoms with Gasteiger partial charge in [0, 0.05) is 0 Å². The third-order valence-corrected chi connectivity index (χ3v) is 2.74. The van der Waals surface area contributed by atoms with E-state index in [1.807, 2.05) is 4.98 Å². The number of rotatable bonds is 4. The predicted molar refractivity (Wildman–Crippen MR) is 74.0 cm³/mol. The van der Waals surface area contributed by atoms with Gasteiger partial charge >= 0.3 is 5.69 Å². The van der Waals surface area contributed by atoms with Crippen molar-refractivity contribution in [3.63, 3.8) is 0 Å². The molecule has 21 heavy (non-hydrogen) atoms. The van der Waals surface area contributed by atoms with E-state index in [-0.39, 0.29) is 5.69 Å². The summed E-state index contributed by atoms with van der Waals surface area (Å²) in [5.74, 6) is -1.67. The van der Waals surface area contributed by atoms with E-state index < -0.39 is 28.6 Å². The fourth-order valence-electron chi connectivity index (χ4n) is 1.89. The number of carbonyl (C=O) groups is 1. The van der Waals surface area contributed by atoms with Crippen molar-refractivity contribution in [3.05, 3.63) is 50.7 Å². The Labute approximate surface area is 118 Å². The molecule has 0 aliphatic carbocycles. The van der Waals surface area contributed by atoms with Crippen molar-refractivity contribution in [1.82, 2.24) is 9.55 Å². The number of nitrogens with zero attached hydrogens (tertiary/aromatic N) is 1. The highest BCUT2D eigenvalue weighted by atomic mass is 16.5. The molecule has 0 saturated carbocycles. The van der Waals surface area contributed by atoms with Crippen molar-refractivity contribution in [2.45, 2.75) is 6.92 Å². The highest BCUT2D eigenvalue weighted by Gasteiger charge is 2.21. The lowest BCUT2D eigenvalue weighted by atomic mass is 10.2. The number of hydrogen-bond donors (Lipinski definition) is 3. The number of aromatic hydroxyl groups is 1. The Morgan fingerprint density at radius 2 is 2.05 bits per heavy atom. The first-order valence-electron chi connectivity index (χ1n) is 6.07. The number of carbonyl (C=O) groups excluding carboxylic acids is 1. The van der Waals surface area contributed by atoms with E-state index in [1.54, 1.807) is 25.1 Å². The number of amides is 1. The summed E-state index contributed by atoms with van der Waals surface area (Å²) in [6.07, 6.45) is 0. The predicted octanol–water partition coefficient (Wildman–Crippen LogP) is -0.271. The lowest BCUT2D eigenvalue weighted by molar-refractivity contribution is 0.0994. The minimum atomic E-state index is -1.14. The van der Waals surface area contributed by atoms with Gasteiger partial charge in [0.1, 0.15) is 5.75 Å². The van der Waals surface area contributed by atoms with Crippen molar-refractivity contribution in [2.24, 2.45) is 5.73 Å². The lowest BCUT2D eigenvalue weighted by Crippen LogP contribution is -2.35. The Morgan fingerprint density at radius 3 is 2.67 bits per heavy atom. The molecule has 2 aromatic rings. The van der Waals surface area contributed by atoms with E-state index in [1.165, 1.54) is 6.07 Å². The Bertz CT molecular complexity index is 806. The third kappa shape index (κ3) is 2.50. The Hall–Kier alpha value is -3.03. The molecule has 1 heterocycles. The molecule has 0 aliphatic heterocycles. The second kappa shape index (κ2) is 5.53. The van der Waals surface area contributed by atoms with Crippen molar-refractivity contribution < 1.29 is 14.6 Å². The largest absolute Gasteiger partial charge is 0.493 e. The molecule has 1 amide bonds. The number of aromatic nitrogens is 2. The minimum absolute atomic E-state index is 0.181. The maximum Gasteiger partial charge on any atom is 0.335 e. The molecule has 8 nitrogen and oxygen atoms in total. The van der Waals surface area contributed by atoms with E-state index >= 15 is 0 Å². The quantitative estimate of drug-likeness (QED) is 0.714. The molecule has 4 N–H and O–H groups in total. The SMILES string of the molecule is CCOc1ccccc1-n1c(O)c(C(N)=O)c(=O)[nH]c1=O. The van der Waals surface area contributed by atoms with Gasteiger partial charge in [-0.05, 0) is 19.1 Å². The van der Waals surface area contributed by atoms with Crippen LogP contribution < -0.4 is 21.7 Å². The molecule has 1 aromatic carbocycles. The summed E-state index contributed by atoms with van der Waals surface area (Å²) in [5.41, 5.74) is 2.58. The molecule has 0 unspecified atom stereocenters. The van der Waals surface area contributed by atoms with Gasteiger partial charge in [0.05, 0.1) is 12.3 Å². The number of ether oxygens (including phenoxy) is 1. The standard InChI is InChI=1S/C13H13N3O5/c1-2-21-8-6-4-3-5-7(8)16-12(19)9(10(14)17)11(18)15-13(16)20/h3-6,19H,2H2,1H3,(H2,14,17)(H,15,18,20). The van der Waals surface area contributed by atoms with Crippen LogP contribution in [0.25, 0.3) is 5.69 Å². The van der Waals surface area contributed by atoms with Crippen molar-refractivity contribution in [1.29, 1.82) is 0 Å². The topological polar surface area (TPSA) is 127 Å². The van der Waals surface area contributed by atoms with Crippen LogP contribution in [0.15, 0.2) is 33.9 Å². The molecule has 110 valence electrons. The average molecular weight is 291 g/mol. The first-order chi connectivity index (χ1) is 9.97. The Morgan fingerprint density at radius 1 is 1.38 bits per heavy atom. The lowest BCUT2D eigenvalue weighted by Gasteiger charge is -2.14. The number of aromatic amines is 1. The van der Waals surface area contributed by atoms with E-state index in [9.17, 15) is 19.5 Å². The van der Waals surface area contributed by atoms with Crippen molar-refractivity contribution in [3.8, 4) is 17.3 Å². The fourth-order valence-corrected chi connectivity index (χ4v) is 1.89. The van der Waals surface area contributed by atoms with E-state index in [0.29, 0.717) is 12.4 Å². The summed E-state index contributed by atoms with van der Waals surface area (Å²) in [7, 11) is 0. The van der Waals surface area contributed by atoms with Gasteiger partial charge in [0.25, 0.3) is 11.5 Å². The molecule has 0 aliphatic rings. The molecule has 0 spiro atoms. The number of hydrogen-bond acceptors (Lipinski definition) is 5. The van der Waals surface area contributed by atoms with Crippen LogP contribution >= 0.6 is 0 Å². The smallest absolute Gasteiger partial charge is 0.335 e. The maximum atomic E-state index is 11.9. The highest BCUT2D eigenvalue weighted by Crippen LogP contribution is 2.25. The number of benzene rings is 1. The molecule has 0 radical (unpaired) electrons. The van der Waals surface area contributed by atoms with Crippen LogP contribution in [0.1, 0.15) is 17.3 Å². The molecule has 8 heteroatoms. The molecule has 0 bridgehead atoms. The zero-order valence-corrected chi connectivity index (χ0v) is 11.1. The average Bonchev–Trinajstić information content (AvgIpc) is 2.39. The number of para-hydroxylation sites is 2. The normalized spacial score (nSPS) is 10.3. The highest BCUT2D eigenvalue weighted by molar-refractivity contribution is 5.94. The van der Waals surface area contributed by atoms with Gasteiger partial charge < -0.3 is 15.6 Å². The second-order valence-corrected chi connectivity index (χ2v) is 4.06. The summed E-state index contributed by atoms with van der Waals surface area (Å²) in [6, 6.07) is 6.37. The molecule has 0 saturated heterocycles. The van der Waals surface area contributed by atoms with Crippen LogP contribution in [0, 0.1) is 0 Å². The first kappa shape index (κ1) is 14.4. The zero-order chi connectivity index (χ0) is 15.6. The van der Waals surface area contributed by atoms with Crippen LogP contribution in [0.5, 0.6) is 11.6 Å². The number of nitrogens with one attached hydrogen (secondary N) is 1. The third-order valence-electron chi connectivity index (χ3n) is 2.74. The number of primary amides is 1. The summed E-state index contributed by atoms with van der Waals surface area (Å²) < 4.78 is 6.11. The van der Waals surface area contributed by atoms with Crippen molar-refractivity contribution >= 4 is 5.91 Å². The van der Waals surface area contributed by atoms with E-state index in [0.717, 1.165) is 4.57 Å². The van der Waals surface area contributed by atoms with Gasteiger partial charge in [-0.25, -0.2) is 9.36 Å². The summed E-state index contributed by atoms with van der Waals surface area (Å²) in [4.78, 5) is 36.6. The Balaban J connectivity index is 2.82. The van der Waals surface area contributed by atoms with Gasteiger partial charge in [0.2, 0.25) is 5.88 Å². The van der Waals surface area contributed by atoms with Crippen LogP contribution in [-0.4, -0.2) is 27.2 Å². The molecule has 2 rings (SSSR count). The van der Waals surface area contributed by atoms with Crippen molar-refractivity contribution in [2.75, 3.05) is 6.61 Å². The van der Waals surface area contributed by atoms with Crippen LogP contribution in [0.3, 0.4) is 0 Å². The van der Waals surface area contributed by atoms with E-state index in [4.69, 9.17) is 10.5 Å². The summed E-state index contributed by atoms with van der Waals surface area (Å²) in [6.45, 7) is 2.08. The molecule has 1 aromatic heterocycles. The first-order valence-corrected chi connectivity index (χ1v) is 6.07. The molecule has 0 atom stereocenters. The monoisotopic (exact) mass is 291 g/mol. The van der Waals surface area contributed by atoms with Gasteiger partial charge in [-0.3, -0.25) is 14.6 Å². The minimum Gasteiger partial charge on any atom is -0.493 e. The number of H-pyrrole nitrogens is 1. The van der Waals surface area contributed by atoms with Gasteiger partial charge in [-0.2, -0.15) is 0 Å². The van der Waals surface area contributed by atoms with Crippen LogP contribution in [-0.2, 0) is 0 Å². The summed E-state index contributed by atoms with van der Waals surface area (Å²) in [5, 5.41) is 10.1. The number of nitrogens with two attached hydrogens (primary N) is 1. The Kier molecular flexibility index (Phi) is 3.79. The van der Waals surface area contributed by atoms with E-state index in [2.05, 4.69) is 0 Å². The zero-order valence-electron chi connectivity index (χ0n) is 11.1. The van der Waals surface area contributed by atoms with Crippen LogP contribution in [0.4, 0.5) is 0 Å². The second-order valence-electron chi connectivity index (χ2n) is 4.06. The molecule has 0 fully saturated rings. The maximum absolute atomic E-state index is 11.9.